The zero-order valence-corrected chi connectivity index (χ0v) is 11.4. The minimum atomic E-state index is 0.195. The van der Waals surface area contributed by atoms with Crippen molar-refractivity contribution in [1.82, 2.24) is 4.90 Å². The number of likely N-dealkylation sites (tertiary alicyclic amines) is 1. The second kappa shape index (κ2) is 5.54. The average Bonchev–Trinajstić information content (AvgIpc) is 2.76. The van der Waals surface area contributed by atoms with Crippen LogP contribution in [0.3, 0.4) is 0 Å². The number of ether oxygens (including phenoxy) is 1. The summed E-state index contributed by atoms with van der Waals surface area (Å²) in [6.07, 6.45) is 1.50. The highest BCUT2D eigenvalue weighted by Gasteiger charge is 2.24. The Bertz CT molecular complexity index is 408. The molecule has 1 aromatic carbocycles. The van der Waals surface area contributed by atoms with Gasteiger partial charge in [0.15, 0.2) is 0 Å². The fourth-order valence-corrected chi connectivity index (χ4v) is 2.57. The minimum absolute atomic E-state index is 0.195. The summed E-state index contributed by atoms with van der Waals surface area (Å²) in [7, 11) is 1.64. The number of carbonyl (C=O) groups is 1. The molecule has 1 fully saturated rings. The smallest absolute Gasteiger partial charge is 0.227 e. The second-order valence-electron chi connectivity index (χ2n) is 4.25. The van der Waals surface area contributed by atoms with Crippen molar-refractivity contribution in [3.8, 4) is 5.75 Å². The topological polar surface area (TPSA) is 29.5 Å². The number of amides is 1. The van der Waals surface area contributed by atoms with Gasteiger partial charge < -0.3 is 9.64 Å². The number of rotatable bonds is 3. The van der Waals surface area contributed by atoms with Crippen LogP contribution in [0, 0.1) is 0 Å². The molecule has 0 aromatic heterocycles. The Balaban J connectivity index is 1.98. The number of hydrogen-bond acceptors (Lipinski definition) is 2. The maximum atomic E-state index is 12.0. The molecular weight excluding hydrogens is 282 g/mol. The molecular formula is C13H16BrNO2. The first-order chi connectivity index (χ1) is 8.19. The van der Waals surface area contributed by atoms with Crippen LogP contribution in [0.4, 0.5) is 0 Å². The first kappa shape index (κ1) is 12.4. The van der Waals surface area contributed by atoms with E-state index in [-0.39, 0.29) is 5.91 Å². The van der Waals surface area contributed by atoms with E-state index in [0.29, 0.717) is 11.2 Å². The van der Waals surface area contributed by atoms with Gasteiger partial charge in [-0.05, 0) is 24.1 Å². The standard InChI is InChI=1S/C13H16BrNO2/c1-17-12-4-2-3-10(7-12)8-13(16)15-6-5-11(14)9-15/h2-4,7,11H,5-6,8-9H2,1H3. The maximum absolute atomic E-state index is 12.0. The largest absolute Gasteiger partial charge is 0.497 e. The van der Waals surface area contributed by atoms with Crippen molar-refractivity contribution in [3.63, 3.8) is 0 Å². The monoisotopic (exact) mass is 297 g/mol. The average molecular weight is 298 g/mol. The predicted molar refractivity (Wildman–Crippen MR) is 70.6 cm³/mol. The highest BCUT2D eigenvalue weighted by Crippen LogP contribution is 2.19. The number of hydrogen-bond donors (Lipinski definition) is 0. The summed E-state index contributed by atoms with van der Waals surface area (Å²) in [4.78, 5) is 14.4. The van der Waals surface area contributed by atoms with E-state index in [1.165, 1.54) is 0 Å². The van der Waals surface area contributed by atoms with Gasteiger partial charge in [-0.1, -0.05) is 28.1 Å². The molecule has 0 radical (unpaired) electrons. The summed E-state index contributed by atoms with van der Waals surface area (Å²) in [5.74, 6) is 0.996. The molecule has 1 unspecified atom stereocenters. The highest BCUT2D eigenvalue weighted by atomic mass is 79.9. The van der Waals surface area contributed by atoms with Crippen molar-refractivity contribution in [2.45, 2.75) is 17.7 Å². The molecule has 0 saturated carbocycles. The summed E-state index contributed by atoms with van der Waals surface area (Å²) >= 11 is 3.54. The number of alkyl halides is 1. The van der Waals surface area contributed by atoms with Gasteiger partial charge in [0.05, 0.1) is 13.5 Å². The van der Waals surface area contributed by atoms with E-state index in [0.717, 1.165) is 30.8 Å². The van der Waals surface area contributed by atoms with Crippen LogP contribution in [0.15, 0.2) is 24.3 Å². The lowest BCUT2D eigenvalue weighted by atomic mass is 10.1. The second-order valence-corrected chi connectivity index (χ2v) is 5.55. The zero-order chi connectivity index (χ0) is 12.3. The molecule has 1 atom stereocenters. The van der Waals surface area contributed by atoms with Gasteiger partial charge in [0.25, 0.3) is 0 Å². The molecule has 17 heavy (non-hydrogen) atoms. The molecule has 0 bridgehead atoms. The van der Waals surface area contributed by atoms with E-state index >= 15 is 0 Å². The lowest BCUT2D eigenvalue weighted by molar-refractivity contribution is -0.129. The molecule has 1 amide bonds. The molecule has 2 rings (SSSR count). The number of methoxy groups -OCH3 is 1. The SMILES string of the molecule is COc1cccc(CC(=O)N2CCC(Br)C2)c1. The first-order valence-electron chi connectivity index (χ1n) is 5.74. The number of carbonyl (C=O) groups excluding carboxylic acids is 1. The van der Waals surface area contributed by atoms with Crippen molar-refractivity contribution in [2.75, 3.05) is 20.2 Å². The van der Waals surface area contributed by atoms with Gasteiger partial charge in [0, 0.05) is 17.9 Å². The molecule has 1 aliphatic heterocycles. The Hall–Kier alpha value is -1.03. The van der Waals surface area contributed by atoms with Crippen LogP contribution in [0.2, 0.25) is 0 Å². The Morgan fingerprint density at radius 2 is 2.41 bits per heavy atom. The molecule has 0 aliphatic carbocycles. The lowest BCUT2D eigenvalue weighted by Gasteiger charge is -2.15. The molecule has 0 spiro atoms. The zero-order valence-electron chi connectivity index (χ0n) is 9.86. The van der Waals surface area contributed by atoms with Crippen LogP contribution in [-0.2, 0) is 11.2 Å². The quantitative estimate of drug-likeness (QED) is 0.801. The molecule has 1 aromatic rings. The fraction of sp³-hybridized carbons (Fsp3) is 0.462. The van der Waals surface area contributed by atoms with E-state index in [2.05, 4.69) is 15.9 Å². The van der Waals surface area contributed by atoms with Crippen molar-refractivity contribution in [2.24, 2.45) is 0 Å². The van der Waals surface area contributed by atoms with Crippen molar-refractivity contribution < 1.29 is 9.53 Å². The molecule has 1 aliphatic rings. The molecule has 4 heteroatoms. The van der Waals surface area contributed by atoms with Gasteiger partial charge in [-0.3, -0.25) is 4.79 Å². The van der Waals surface area contributed by atoms with Crippen molar-refractivity contribution in [1.29, 1.82) is 0 Å². The Labute approximate surface area is 110 Å². The molecule has 0 N–H and O–H groups in total. The lowest BCUT2D eigenvalue weighted by Crippen LogP contribution is -2.30. The molecule has 3 nitrogen and oxygen atoms in total. The van der Waals surface area contributed by atoms with Crippen LogP contribution in [0.1, 0.15) is 12.0 Å². The third kappa shape index (κ3) is 3.22. The van der Waals surface area contributed by atoms with E-state index in [1.54, 1.807) is 7.11 Å². The minimum Gasteiger partial charge on any atom is -0.497 e. The third-order valence-corrected chi connectivity index (χ3v) is 3.72. The van der Waals surface area contributed by atoms with Crippen LogP contribution in [0.5, 0.6) is 5.75 Å². The van der Waals surface area contributed by atoms with Crippen molar-refractivity contribution >= 4 is 21.8 Å². The summed E-state index contributed by atoms with van der Waals surface area (Å²) in [6, 6.07) is 7.68. The fourth-order valence-electron chi connectivity index (χ4n) is 2.01. The maximum Gasteiger partial charge on any atom is 0.227 e. The van der Waals surface area contributed by atoms with Gasteiger partial charge in [-0.15, -0.1) is 0 Å². The highest BCUT2D eigenvalue weighted by molar-refractivity contribution is 9.09. The van der Waals surface area contributed by atoms with Gasteiger partial charge in [0.1, 0.15) is 5.75 Å². The van der Waals surface area contributed by atoms with Gasteiger partial charge in [-0.25, -0.2) is 0 Å². The number of nitrogens with zero attached hydrogens (tertiary/aromatic N) is 1. The summed E-state index contributed by atoms with van der Waals surface area (Å²) < 4.78 is 5.15. The van der Waals surface area contributed by atoms with Crippen LogP contribution in [-0.4, -0.2) is 35.8 Å². The van der Waals surface area contributed by atoms with Crippen LogP contribution < -0.4 is 4.74 Å². The molecule has 92 valence electrons. The number of benzene rings is 1. The van der Waals surface area contributed by atoms with Crippen molar-refractivity contribution in [3.05, 3.63) is 29.8 Å². The van der Waals surface area contributed by atoms with Gasteiger partial charge >= 0.3 is 0 Å². The van der Waals surface area contributed by atoms with Crippen LogP contribution in [0.25, 0.3) is 0 Å². The number of halogens is 1. The van der Waals surface area contributed by atoms with E-state index in [1.807, 2.05) is 29.2 Å². The first-order valence-corrected chi connectivity index (χ1v) is 6.65. The van der Waals surface area contributed by atoms with E-state index in [4.69, 9.17) is 4.74 Å². The Morgan fingerprint density at radius 1 is 1.59 bits per heavy atom. The van der Waals surface area contributed by atoms with Gasteiger partial charge in [0.2, 0.25) is 5.91 Å². The third-order valence-electron chi connectivity index (χ3n) is 2.97. The molecule has 1 saturated heterocycles. The molecule has 1 heterocycles. The van der Waals surface area contributed by atoms with Crippen LogP contribution >= 0.6 is 15.9 Å². The normalized spacial score (nSPS) is 19.4. The summed E-state index contributed by atoms with van der Waals surface area (Å²) in [6.45, 7) is 1.68. The van der Waals surface area contributed by atoms with E-state index in [9.17, 15) is 4.79 Å². The predicted octanol–water partition coefficient (Wildman–Crippen LogP) is 2.23. The summed E-state index contributed by atoms with van der Waals surface area (Å²) in [5.41, 5.74) is 1.01. The Morgan fingerprint density at radius 3 is 3.06 bits per heavy atom. The van der Waals surface area contributed by atoms with E-state index < -0.39 is 0 Å². The summed E-state index contributed by atoms with van der Waals surface area (Å²) in [5, 5.41) is 0. The van der Waals surface area contributed by atoms with Gasteiger partial charge in [-0.2, -0.15) is 0 Å². The Kier molecular flexibility index (Phi) is 4.05.